The van der Waals surface area contributed by atoms with Gasteiger partial charge in [0.25, 0.3) is 0 Å². The van der Waals surface area contributed by atoms with Crippen molar-refractivity contribution in [3.63, 3.8) is 0 Å². The molecule has 0 saturated heterocycles. The van der Waals surface area contributed by atoms with Gasteiger partial charge in [0.15, 0.2) is 0 Å². The lowest BCUT2D eigenvalue weighted by Gasteiger charge is -2.18. The molecule has 0 saturated carbocycles. The number of amides is 2. The number of nitrogens with two attached hydrogens (primary N) is 1. The lowest BCUT2D eigenvalue weighted by molar-refractivity contribution is -0.123. The second kappa shape index (κ2) is 8.72. The molecule has 2 aromatic rings. The number of nitrogen functional groups attached to an aromatic ring is 1. The molecule has 26 heavy (non-hydrogen) atoms. The van der Waals surface area contributed by atoms with E-state index in [0.29, 0.717) is 17.1 Å². The second-order valence-corrected chi connectivity index (χ2v) is 7.20. The van der Waals surface area contributed by atoms with Crippen molar-refractivity contribution in [2.45, 2.75) is 34.1 Å². The maximum absolute atomic E-state index is 12.3. The summed E-state index contributed by atoms with van der Waals surface area (Å²) in [5, 5.41) is 5.78. The van der Waals surface area contributed by atoms with Crippen LogP contribution in [0, 0.1) is 12.3 Å². The van der Waals surface area contributed by atoms with Crippen molar-refractivity contribution in [2.75, 3.05) is 16.4 Å². The van der Waals surface area contributed by atoms with Crippen molar-refractivity contribution >= 4 is 41.3 Å². The third-order valence-electron chi connectivity index (χ3n) is 3.80. The van der Waals surface area contributed by atoms with Crippen LogP contribution in [-0.2, 0) is 16.0 Å². The molecule has 2 aromatic carbocycles. The number of hydrogen-bond donors (Lipinski definition) is 3. The van der Waals surface area contributed by atoms with E-state index in [1.165, 1.54) is 0 Å². The Kier molecular flexibility index (Phi) is 7.21. The van der Waals surface area contributed by atoms with Crippen molar-refractivity contribution in [3.8, 4) is 0 Å². The molecule has 6 heteroatoms. The lowest BCUT2D eigenvalue weighted by Crippen LogP contribution is -2.27. The summed E-state index contributed by atoms with van der Waals surface area (Å²) in [4.78, 5) is 24.4. The predicted molar refractivity (Wildman–Crippen MR) is 110 cm³/mol. The summed E-state index contributed by atoms with van der Waals surface area (Å²) in [5.41, 5.74) is 9.01. The molecular weight excluding hydrogens is 350 g/mol. The molecule has 0 atom stereocenters. The number of rotatable bonds is 4. The third kappa shape index (κ3) is 6.08. The average molecular weight is 376 g/mol. The highest BCUT2D eigenvalue weighted by molar-refractivity contribution is 5.97. The minimum atomic E-state index is -0.483. The minimum Gasteiger partial charge on any atom is -0.399 e. The molecule has 5 nitrogen and oxygen atoms in total. The smallest absolute Gasteiger partial charge is 0.229 e. The fourth-order valence-corrected chi connectivity index (χ4v) is 2.17. The summed E-state index contributed by atoms with van der Waals surface area (Å²) in [5.74, 6) is -0.192. The Hall–Kier alpha value is -2.53. The monoisotopic (exact) mass is 375 g/mol. The number of nitrogens with one attached hydrogen (secondary N) is 2. The zero-order valence-electron chi connectivity index (χ0n) is 15.6. The van der Waals surface area contributed by atoms with Gasteiger partial charge in [0.1, 0.15) is 0 Å². The van der Waals surface area contributed by atoms with Crippen LogP contribution >= 0.6 is 12.4 Å². The average Bonchev–Trinajstić information content (AvgIpc) is 2.52. The number of carbonyl (C=O) groups excluding carboxylic acids is 2. The first-order valence-electron chi connectivity index (χ1n) is 8.21. The first-order valence-corrected chi connectivity index (χ1v) is 8.21. The van der Waals surface area contributed by atoms with Crippen molar-refractivity contribution in [1.82, 2.24) is 0 Å². The van der Waals surface area contributed by atoms with E-state index >= 15 is 0 Å². The molecule has 0 bridgehead atoms. The van der Waals surface area contributed by atoms with Crippen LogP contribution in [0.4, 0.5) is 17.1 Å². The van der Waals surface area contributed by atoms with E-state index in [9.17, 15) is 9.59 Å². The number of benzene rings is 2. The second-order valence-electron chi connectivity index (χ2n) is 7.20. The number of aryl methyl sites for hydroxylation is 1. The maximum atomic E-state index is 12.3. The molecule has 2 rings (SSSR count). The highest BCUT2D eigenvalue weighted by Gasteiger charge is 2.21. The number of carbonyl (C=O) groups is 2. The van der Waals surface area contributed by atoms with Crippen LogP contribution in [0.3, 0.4) is 0 Å². The molecule has 0 radical (unpaired) electrons. The van der Waals surface area contributed by atoms with Gasteiger partial charge in [0.05, 0.1) is 6.42 Å². The fourth-order valence-electron chi connectivity index (χ4n) is 2.17. The van der Waals surface area contributed by atoms with Gasteiger partial charge >= 0.3 is 0 Å². The minimum absolute atomic E-state index is 0. The summed E-state index contributed by atoms with van der Waals surface area (Å²) in [6.07, 6.45) is 0.262. The normalized spacial score (nSPS) is 10.6. The van der Waals surface area contributed by atoms with E-state index in [2.05, 4.69) is 10.6 Å². The van der Waals surface area contributed by atoms with E-state index in [-0.39, 0.29) is 30.6 Å². The Morgan fingerprint density at radius 1 is 1.00 bits per heavy atom. The summed E-state index contributed by atoms with van der Waals surface area (Å²) in [6.45, 7) is 7.47. The zero-order chi connectivity index (χ0) is 18.6. The molecule has 0 aliphatic carbocycles. The summed E-state index contributed by atoms with van der Waals surface area (Å²) in [6, 6.07) is 12.7. The predicted octanol–water partition coefficient (Wildman–Crippen LogP) is 4.16. The van der Waals surface area contributed by atoms with Gasteiger partial charge in [0.2, 0.25) is 11.8 Å². The van der Waals surface area contributed by atoms with Gasteiger partial charge in [-0.1, -0.05) is 39.0 Å². The molecule has 0 spiro atoms. The molecule has 0 aliphatic rings. The Bertz CT molecular complexity index is 781. The molecule has 0 heterocycles. The van der Waals surface area contributed by atoms with E-state index in [0.717, 1.165) is 11.1 Å². The van der Waals surface area contributed by atoms with Gasteiger partial charge in [-0.15, -0.1) is 12.4 Å². The standard InChI is InChI=1S/C20H25N3O2.ClH/c1-13-5-10-16(22-19(25)20(2,3)4)12-17(13)23-18(24)11-14-6-8-15(21)9-7-14;/h5-10,12H,11,21H2,1-4H3,(H,22,25)(H,23,24);1H. The van der Waals surface area contributed by atoms with Crippen molar-refractivity contribution in [1.29, 1.82) is 0 Å². The molecule has 0 aliphatic heterocycles. The van der Waals surface area contributed by atoms with Gasteiger partial charge in [-0.25, -0.2) is 0 Å². The van der Waals surface area contributed by atoms with Crippen molar-refractivity contribution in [3.05, 3.63) is 53.6 Å². The Balaban J connectivity index is 0.00000338. The van der Waals surface area contributed by atoms with Crippen LogP contribution in [0.5, 0.6) is 0 Å². The van der Waals surface area contributed by atoms with E-state index in [1.54, 1.807) is 18.2 Å². The topological polar surface area (TPSA) is 84.2 Å². The van der Waals surface area contributed by atoms with E-state index in [1.807, 2.05) is 52.0 Å². The number of halogens is 1. The SMILES string of the molecule is Cc1ccc(NC(=O)C(C)(C)C)cc1NC(=O)Cc1ccc(N)cc1.Cl. The Morgan fingerprint density at radius 2 is 1.62 bits per heavy atom. The Morgan fingerprint density at radius 3 is 2.19 bits per heavy atom. The van der Waals surface area contributed by atoms with Crippen LogP contribution in [-0.4, -0.2) is 11.8 Å². The molecular formula is C20H26ClN3O2. The van der Waals surface area contributed by atoms with Gasteiger partial charge < -0.3 is 16.4 Å². The first-order chi connectivity index (χ1) is 11.6. The molecule has 2 amide bonds. The van der Waals surface area contributed by atoms with E-state index in [4.69, 9.17) is 5.73 Å². The largest absolute Gasteiger partial charge is 0.399 e. The van der Waals surface area contributed by atoms with E-state index < -0.39 is 5.41 Å². The summed E-state index contributed by atoms with van der Waals surface area (Å²) >= 11 is 0. The molecule has 140 valence electrons. The molecule has 0 fully saturated rings. The van der Waals surface area contributed by atoms with Gasteiger partial charge in [-0.3, -0.25) is 9.59 Å². The van der Waals surface area contributed by atoms with Crippen LogP contribution in [0.15, 0.2) is 42.5 Å². The zero-order valence-corrected chi connectivity index (χ0v) is 16.4. The van der Waals surface area contributed by atoms with Crippen LogP contribution in [0.1, 0.15) is 31.9 Å². The van der Waals surface area contributed by atoms with Gasteiger partial charge in [0, 0.05) is 22.5 Å². The van der Waals surface area contributed by atoms with Crippen LogP contribution < -0.4 is 16.4 Å². The molecule has 0 unspecified atom stereocenters. The third-order valence-corrected chi connectivity index (χ3v) is 3.80. The molecule has 4 N–H and O–H groups in total. The number of anilines is 3. The van der Waals surface area contributed by atoms with Crippen LogP contribution in [0.2, 0.25) is 0 Å². The Labute approximate surface area is 160 Å². The van der Waals surface area contributed by atoms with Gasteiger partial charge in [-0.05, 0) is 42.3 Å². The van der Waals surface area contributed by atoms with Crippen molar-refractivity contribution in [2.24, 2.45) is 5.41 Å². The highest BCUT2D eigenvalue weighted by atomic mass is 35.5. The summed E-state index contributed by atoms with van der Waals surface area (Å²) in [7, 11) is 0. The van der Waals surface area contributed by atoms with Crippen molar-refractivity contribution < 1.29 is 9.59 Å². The fraction of sp³-hybridized carbons (Fsp3) is 0.300. The first kappa shape index (κ1) is 21.5. The number of hydrogen-bond acceptors (Lipinski definition) is 3. The summed E-state index contributed by atoms with van der Waals surface area (Å²) < 4.78 is 0. The maximum Gasteiger partial charge on any atom is 0.229 e. The highest BCUT2D eigenvalue weighted by Crippen LogP contribution is 2.23. The lowest BCUT2D eigenvalue weighted by atomic mass is 9.95. The van der Waals surface area contributed by atoms with Crippen LogP contribution in [0.25, 0.3) is 0 Å². The quantitative estimate of drug-likeness (QED) is 0.701. The molecule has 0 aromatic heterocycles. The van der Waals surface area contributed by atoms with Gasteiger partial charge in [-0.2, -0.15) is 0 Å².